The van der Waals surface area contributed by atoms with E-state index >= 15 is 0 Å². The molecule has 0 atom stereocenters. The second kappa shape index (κ2) is 10.7. The Morgan fingerprint density at radius 1 is 1.10 bits per heavy atom. The number of sulfonamides is 1. The summed E-state index contributed by atoms with van der Waals surface area (Å²) in [6.07, 6.45) is 1.42. The summed E-state index contributed by atoms with van der Waals surface area (Å²) in [5.74, 6) is -0.722. The molecule has 2 aromatic carbocycles. The highest BCUT2D eigenvalue weighted by Gasteiger charge is 2.20. The van der Waals surface area contributed by atoms with Gasteiger partial charge < -0.3 is 10.1 Å². The molecule has 0 aliphatic heterocycles. The average Bonchev–Trinajstić information content (AvgIpc) is 2.67. The van der Waals surface area contributed by atoms with Gasteiger partial charge >= 0.3 is 5.97 Å². The SMILES string of the molecule is CCOC(=O)c1ccc(NC(=O)CCCN(c2cc(Cl)ccc2Cl)S(C)(=O)=O)cc1. The fourth-order valence-corrected chi connectivity index (χ4v) is 4.06. The van der Waals surface area contributed by atoms with E-state index in [1.165, 1.54) is 12.1 Å². The molecule has 7 nitrogen and oxygen atoms in total. The Kier molecular flexibility index (Phi) is 8.52. The van der Waals surface area contributed by atoms with Crippen LogP contribution in [0.1, 0.15) is 30.1 Å². The van der Waals surface area contributed by atoms with Gasteiger partial charge in [0.25, 0.3) is 0 Å². The average molecular weight is 473 g/mol. The molecule has 1 N–H and O–H groups in total. The minimum Gasteiger partial charge on any atom is -0.462 e. The third-order valence-electron chi connectivity index (χ3n) is 4.02. The Morgan fingerprint density at radius 2 is 1.77 bits per heavy atom. The van der Waals surface area contributed by atoms with Crippen molar-refractivity contribution in [3.63, 3.8) is 0 Å². The summed E-state index contributed by atoms with van der Waals surface area (Å²) in [6.45, 7) is 2.06. The predicted molar refractivity (Wildman–Crippen MR) is 119 cm³/mol. The summed E-state index contributed by atoms with van der Waals surface area (Å²) < 4.78 is 30.4. The molecule has 30 heavy (non-hydrogen) atoms. The molecule has 0 fully saturated rings. The van der Waals surface area contributed by atoms with Gasteiger partial charge in [0.2, 0.25) is 15.9 Å². The second-order valence-electron chi connectivity index (χ2n) is 6.38. The lowest BCUT2D eigenvalue weighted by atomic mass is 10.2. The Morgan fingerprint density at radius 3 is 2.37 bits per heavy atom. The first-order chi connectivity index (χ1) is 14.1. The molecule has 0 aliphatic rings. The Balaban J connectivity index is 1.96. The summed E-state index contributed by atoms with van der Waals surface area (Å²) in [7, 11) is -3.62. The number of amides is 1. The van der Waals surface area contributed by atoms with E-state index in [1.807, 2.05) is 0 Å². The molecular formula is C20H22Cl2N2O5S. The zero-order chi connectivity index (χ0) is 22.3. The van der Waals surface area contributed by atoms with E-state index in [-0.39, 0.29) is 42.6 Å². The minimum atomic E-state index is -3.62. The highest BCUT2D eigenvalue weighted by molar-refractivity contribution is 7.92. The van der Waals surface area contributed by atoms with Gasteiger partial charge in [-0.1, -0.05) is 23.2 Å². The van der Waals surface area contributed by atoms with Crippen molar-refractivity contribution in [1.82, 2.24) is 0 Å². The maximum Gasteiger partial charge on any atom is 0.338 e. The van der Waals surface area contributed by atoms with Crippen LogP contribution in [0.4, 0.5) is 11.4 Å². The van der Waals surface area contributed by atoms with E-state index in [0.717, 1.165) is 10.6 Å². The monoisotopic (exact) mass is 472 g/mol. The van der Waals surface area contributed by atoms with Crippen LogP contribution in [0.15, 0.2) is 42.5 Å². The normalized spacial score (nSPS) is 11.1. The van der Waals surface area contributed by atoms with Crippen LogP contribution in [0.3, 0.4) is 0 Å². The molecule has 0 bridgehead atoms. The number of halogens is 2. The molecule has 0 aliphatic carbocycles. The van der Waals surface area contributed by atoms with Crippen LogP contribution < -0.4 is 9.62 Å². The highest BCUT2D eigenvalue weighted by atomic mass is 35.5. The second-order valence-corrected chi connectivity index (χ2v) is 9.13. The number of esters is 1. The van der Waals surface area contributed by atoms with Crippen molar-refractivity contribution in [3.8, 4) is 0 Å². The van der Waals surface area contributed by atoms with Gasteiger partial charge in [-0.3, -0.25) is 9.10 Å². The smallest absolute Gasteiger partial charge is 0.338 e. The van der Waals surface area contributed by atoms with Crippen LogP contribution in [-0.2, 0) is 19.6 Å². The van der Waals surface area contributed by atoms with Crippen molar-refractivity contribution in [2.45, 2.75) is 19.8 Å². The molecule has 10 heteroatoms. The van der Waals surface area contributed by atoms with Gasteiger partial charge in [-0.05, 0) is 55.8 Å². The van der Waals surface area contributed by atoms with Crippen molar-refractivity contribution in [3.05, 3.63) is 58.1 Å². The van der Waals surface area contributed by atoms with Crippen LogP contribution >= 0.6 is 23.2 Å². The van der Waals surface area contributed by atoms with Gasteiger partial charge in [-0.15, -0.1) is 0 Å². The third kappa shape index (κ3) is 6.90. The molecule has 2 rings (SSSR count). The van der Waals surface area contributed by atoms with Gasteiger partial charge in [0, 0.05) is 23.7 Å². The number of benzene rings is 2. The maximum absolute atomic E-state index is 12.2. The van der Waals surface area contributed by atoms with Crippen LogP contribution in [0, 0.1) is 0 Å². The molecule has 0 unspecified atom stereocenters. The fraction of sp³-hybridized carbons (Fsp3) is 0.300. The summed E-state index contributed by atoms with van der Waals surface area (Å²) in [5, 5.41) is 3.31. The van der Waals surface area contributed by atoms with Crippen LogP contribution in [0.5, 0.6) is 0 Å². The summed E-state index contributed by atoms with van der Waals surface area (Å²) >= 11 is 12.1. The van der Waals surface area contributed by atoms with Crippen LogP contribution in [-0.4, -0.2) is 39.7 Å². The lowest BCUT2D eigenvalue weighted by Crippen LogP contribution is -2.31. The number of nitrogens with one attached hydrogen (secondary N) is 1. The van der Waals surface area contributed by atoms with Crippen molar-refractivity contribution in [2.75, 3.05) is 29.0 Å². The molecule has 0 heterocycles. The van der Waals surface area contributed by atoms with Crippen molar-refractivity contribution >= 4 is 56.5 Å². The number of hydrogen-bond acceptors (Lipinski definition) is 5. The van der Waals surface area contributed by atoms with E-state index in [0.29, 0.717) is 16.3 Å². The van der Waals surface area contributed by atoms with E-state index in [9.17, 15) is 18.0 Å². The Bertz CT molecular complexity index is 1010. The molecule has 0 saturated carbocycles. The minimum absolute atomic E-state index is 0.0636. The van der Waals surface area contributed by atoms with Gasteiger partial charge in [-0.2, -0.15) is 0 Å². The molecule has 0 radical (unpaired) electrons. The fourth-order valence-electron chi connectivity index (χ4n) is 2.65. The van der Waals surface area contributed by atoms with Gasteiger partial charge in [-0.25, -0.2) is 13.2 Å². The summed E-state index contributed by atoms with van der Waals surface area (Å²) in [5.41, 5.74) is 1.17. The van der Waals surface area contributed by atoms with E-state index in [4.69, 9.17) is 27.9 Å². The van der Waals surface area contributed by atoms with E-state index in [2.05, 4.69) is 5.32 Å². The zero-order valence-electron chi connectivity index (χ0n) is 16.5. The van der Waals surface area contributed by atoms with Crippen LogP contribution in [0.25, 0.3) is 0 Å². The first kappa shape index (κ1) is 24.0. The first-order valence-corrected chi connectivity index (χ1v) is 11.7. The van der Waals surface area contributed by atoms with Crippen molar-refractivity contribution in [2.24, 2.45) is 0 Å². The molecule has 0 saturated heterocycles. The lowest BCUT2D eigenvalue weighted by molar-refractivity contribution is -0.116. The summed E-state index contributed by atoms with van der Waals surface area (Å²) in [6, 6.07) is 10.9. The molecule has 2 aromatic rings. The number of anilines is 2. The Labute approximate surface area is 186 Å². The molecule has 0 spiro atoms. The van der Waals surface area contributed by atoms with Crippen molar-refractivity contribution < 1.29 is 22.7 Å². The van der Waals surface area contributed by atoms with Gasteiger partial charge in [0.1, 0.15) is 0 Å². The number of carbonyl (C=O) groups excluding carboxylic acids is 2. The molecule has 0 aromatic heterocycles. The number of nitrogens with zero attached hydrogens (tertiary/aromatic N) is 1. The van der Waals surface area contributed by atoms with Crippen LogP contribution in [0.2, 0.25) is 10.0 Å². The number of rotatable bonds is 9. The van der Waals surface area contributed by atoms with Gasteiger partial charge in [0.05, 0.1) is 29.1 Å². The van der Waals surface area contributed by atoms with E-state index in [1.54, 1.807) is 37.3 Å². The maximum atomic E-state index is 12.2. The summed E-state index contributed by atoms with van der Waals surface area (Å²) in [4.78, 5) is 23.8. The zero-order valence-corrected chi connectivity index (χ0v) is 18.9. The van der Waals surface area contributed by atoms with E-state index < -0.39 is 16.0 Å². The molecular weight excluding hydrogens is 451 g/mol. The predicted octanol–water partition coefficient (Wildman–Crippen LogP) is 4.36. The number of hydrogen-bond donors (Lipinski definition) is 1. The first-order valence-electron chi connectivity index (χ1n) is 9.11. The lowest BCUT2D eigenvalue weighted by Gasteiger charge is -2.23. The Hall–Kier alpha value is -2.29. The number of ether oxygens (including phenoxy) is 1. The standard InChI is InChI=1S/C20H22Cl2N2O5S/c1-3-29-20(26)14-6-9-16(10-7-14)23-19(25)5-4-12-24(30(2,27)28)18-13-15(21)8-11-17(18)22/h6-11,13H,3-5,12H2,1-2H3,(H,23,25). The molecule has 162 valence electrons. The molecule has 1 amide bonds. The topological polar surface area (TPSA) is 92.8 Å². The largest absolute Gasteiger partial charge is 0.462 e. The highest BCUT2D eigenvalue weighted by Crippen LogP contribution is 2.30. The van der Waals surface area contributed by atoms with Crippen molar-refractivity contribution in [1.29, 1.82) is 0 Å². The van der Waals surface area contributed by atoms with Gasteiger partial charge in [0.15, 0.2) is 0 Å². The third-order valence-corrected chi connectivity index (χ3v) is 5.76. The quantitative estimate of drug-likeness (QED) is 0.547. The number of carbonyl (C=O) groups is 2.